The minimum atomic E-state index is -0.611. The second-order valence-corrected chi connectivity index (χ2v) is 3.58. The van der Waals surface area contributed by atoms with E-state index < -0.39 is 11.9 Å². The van der Waals surface area contributed by atoms with Crippen molar-refractivity contribution in [1.82, 2.24) is 4.72 Å². The van der Waals surface area contributed by atoms with E-state index in [4.69, 9.17) is 9.47 Å². The van der Waals surface area contributed by atoms with Gasteiger partial charge in [0.05, 0.1) is 25.4 Å². The predicted octanol–water partition coefficient (Wildman–Crippen LogP) is -0.0668. The monoisotopic (exact) mass is 193 g/mol. The molecule has 0 spiro atoms. The first-order chi connectivity index (χ1) is 5.55. The van der Waals surface area contributed by atoms with Gasteiger partial charge in [-0.3, -0.25) is 4.72 Å². The Labute approximate surface area is 77.8 Å². The zero-order valence-electron chi connectivity index (χ0n) is 7.28. The van der Waals surface area contributed by atoms with Gasteiger partial charge in [0.15, 0.2) is 5.79 Å². The van der Waals surface area contributed by atoms with Crippen LogP contribution in [0.5, 0.6) is 0 Å². The molecule has 0 aromatic heterocycles. The molecule has 0 unspecified atom stereocenters. The fourth-order valence-corrected chi connectivity index (χ4v) is 1.22. The lowest BCUT2D eigenvalue weighted by atomic mass is 10.2. The molecule has 1 aliphatic heterocycles. The summed E-state index contributed by atoms with van der Waals surface area (Å²) in [6.45, 7) is 4.31. The first kappa shape index (κ1) is 10.3. The summed E-state index contributed by atoms with van der Waals surface area (Å²) < 4.78 is 13.3. The highest BCUT2D eigenvalue weighted by Crippen LogP contribution is 2.17. The second kappa shape index (κ2) is 3.93. The first-order valence-corrected chi connectivity index (χ1v) is 4.35. The van der Waals surface area contributed by atoms with Crippen LogP contribution >= 0.6 is 12.8 Å². The quantitative estimate of drug-likeness (QED) is 0.510. The Bertz CT molecular complexity index is 154. The molecule has 2 atom stereocenters. The lowest BCUT2D eigenvalue weighted by Crippen LogP contribution is -2.39. The van der Waals surface area contributed by atoms with Crippen molar-refractivity contribution in [2.24, 2.45) is 0 Å². The number of aliphatic hydroxyl groups excluding tert-OH is 1. The van der Waals surface area contributed by atoms with E-state index in [1.54, 1.807) is 0 Å². The lowest BCUT2D eigenvalue weighted by molar-refractivity contribution is -0.203. The molecule has 1 aliphatic rings. The third-order valence-electron chi connectivity index (χ3n) is 1.84. The van der Waals surface area contributed by atoms with Crippen molar-refractivity contribution < 1.29 is 14.6 Å². The molecule has 5 heteroatoms. The number of hydrogen-bond acceptors (Lipinski definition) is 5. The van der Waals surface area contributed by atoms with E-state index in [2.05, 4.69) is 17.5 Å². The van der Waals surface area contributed by atoms with Gasteiger partial charge in [-0.25, -0.2) is 0 Å². The number of hydrogen-bond donors (Lipinski definition) is 3. The summed E-state index contributed by atoms with van der Waals surface area (Å²) in [6.07, 6.45) is -0.565. The van der Waals surface area contributed by atoms with Gasteiger partial charge in [-0.1, -0.05) is 12.8 Å². The number of thiol groups is 1. The molecule has 0 aromatic carbocycles. The van der Waals surface area contributed by atoms with Crippen molar-refractivity contribution in [3.05, 3.63) is 0 Å². The van der Waals surface area contributed by atoms with Crippen molar-refractivity contribution in [3.63, 3.8) is 0 Å². The van der Waals surface area contributed by atoms with Gasteiger partial charge in [0.25, 0.3) is 0 Å². The van der Waals surface area contributed by atoms with E-state index in [1.807, 2.05) is 13.8 Å². The zero-order valence-corrected chi connectivity index (χ0v) is 8.17. The van der Waals surface area contributed by atoms with Gasteiger partial charge in [-0.15, -0.1) is 0 Å². The molecule has 1 saturated heterocycles. The van der Waals surface area contributed by atoms with Crippen molar-refractivity contribution in [3.8, 4) is 0 Å². The average molecular weight is 193 g/mol. The summed E-state index contributed by atoms with van der Waals surface area (Å²) in [6, 6.07) is -0.171. The number of nitrogens with one attached hydrogen (secondary N) is 1. The highest BCUT2D eigenvalue weighted by Gasteiger charge is 2.30. The molecule has 12 heavy (non-hydrogen) atoms. The van der Waals surface area contributed by atoms with Crippen molar-refractivity contribution in [1.29, 1.82) is 0 Å². The predicted molar refractivity (Wildman–Crippen MR) is 47.9 cm³/mol. The second-order valence-electron chi connectivity index (χ2n) is 3.32. The van der Waals surface area contributed by atoms with E-state index >= 15 is 0 Å². The van der Waals surface area contributed by atoms with Crippen LogP contribution in [0.4, 0.5) is 0 Å². The van der Waals surface area contributed by atoms with Gasteiger partial charge in [0, 0.05) is 0 Å². The third kappa shape index (κ3) is 2.60. The van der Waals surface area contributed by atoms with Crippen LogP contribution < -0.4 is 4.72 Å². The Balaban J connectivity index is 2.53. The van der Waals surface area contributed by atoms with Crippen LogP contribution in [0.15, 0.2) is 0 Å². The molecule has 0 saturated carbocycles. The molecule has 1 heterocycles. The molecule has 0 bridgehead atoms. The van der Waals surface area contributed by atoms with E-state index in [0.717, 1.165) is 0 Å². The summed E-state index contributed by atoms with van der Waals surface area (Å²) in [4.78, 5) is 0. The molecular formula is C7H15NO3S. The maximum absolute atomic E-state index is 9.46. The maximum atomic E-state index is 9.46. The fourth-order valence-electron chi connectivity index (χ4n) is 0.969. The van der Waals surface area contributed by atoms with Gasteiger partial charge in [-0.2, -0.15) is 0 Å². The van der Waals surface area contributed by atoms with Crippen molar-refractivity contribution >= 4 is 12.8 Å². The van der Waals surface area contributed by atoms with Gasteiger partial charge in [-0.05, 0) is 13.8 Å². The first-order valence-electron chi connectivity index (χ1n) is 3.91. The van der Waals surface area contributed by atoms with Gasteiger partial charge in [0.2, 0.25) is 0 Å². The minimum Gasteiger partial charge on any atom is -0.389 e. The molecule has 4 nitrogen and oxygen atoms in total. The molecule has 2 N–H and O–H groups in total. The molecule has 0 aliphatic carbocycles. The van der Waals surface area contributed by atoms with Crippen LogP contribution in [0, 0.1) is 0 Å². The average Bonchev–Trinajstić information content (AvgIpc) is 2.13. The third-order valence-corrected chi connectivity index (χ3v) is 2.17. The Morgan fingerprint density at radius 1 is 1.42 bits per heavy atom. The Kier molecular flexibility index (Phi) is 3.37. The molecule has 0 amide bonds. The van der Waals surface area contributed by atoms with Gasteiger partial charge >= 0.3 is 0 Å². The summed E-state index contributed by atoms with van der Waals surface area (Å²) in [5.74, 6) is -0.611. The number of aliphatic hydroxyl groups is 1. The molecule has 0 aromatic rings. The molecule has 0 radical (unpaired) electrons. The summed E-state index contributed by atoms with van der Waals surface area (Å²) >= 11 is 3.88. The number of ether oxygens (including phenoxy) is 2. The topological polar surface area (TPSA) is 50.7 Å². The van der Waals surface area contributed by atoms with E-state index in [1.165, 1.54) is 0 Å². The van der Waals surface area contributed by atoms with Crippen LogP contribution in [-0.2, 0) is 9.47 Å². The van der Waals surface area contributed by atoms with Crippen LogP contribution in [0.2, 0.25) is 0 Å². The number of rotatable bonds is 1. The zero-order chi connectivity index (χ0) is 9.19. The molecule has 1 fully saturated rings. The Morgan fingerprint density at radius 3 is 2.58 bits per heavy atom. The molecule has 72 valence electrons. The normalized spacial score (nSPS) is 36.0. The maximum Gasteiger partial charge on any atom is 0.162 e. The van der Waals surface area contributed by atoms with Crippen LogP contribution in [0.25, 0.3) is 0 Å². The van der Waals surface area contributed by atoms with E-state index in [9.17, 15) is 5.11 Å². The van der Waals surface area contributed by atoms with Crippen LogP contribution in [0.1, 0.15) is 13.8 Å². The van der Waals surface area contributed by atoms with Gasteiger partial charge < -0.3 is 14.6 Å². The minimum absolute atomic E-state index is 0.171. The molecular weight excluding hydrogens is 178 g/mol. The SMILES string of the molecule is CC1(C)OC[C@H](NS)[C@@H](O)CO1. The largest absolute Gasteiger partial charge is 0.389 e. The van der Waals surface area contributed by atoms with Crippen LogP contribution in [0.3, 0.4) is 0 Å². The Hall–Kier alpha value is 0.190. The molecule has 1 rings (SSSR count). The van der Waals surface area contributed by atoms with E-state index in [0.29, 0.717) is 6.61 Å². The van der Waals surface area contributed by atoms with Crippen LogP contribution in [-0.4, -0.2) is 36.3 Å². The summed E-state index contributed by atoms with van der Waals surface area (Å²) in [5, 5.41) is 9.46. The lowest BCUT2D eigenvalue weighted by Gasteiger charge is -2.22. The van der Waals surface area contributed by atoms with Crippen molar-refractivity contribution in [2.45, 2.75) is 31.8 Å². The summed E-state index contributed by atoms with van der Waals surface area (Å²) in [5.41, 5.74) is 0. The Morgan fingerprint density at radius 2 is 2.00 bits per heavy atom. The standard InChI is InChI=1S/C7H15NO3S/c1-7(2)10-3-5(8-12)6(9)4-11-7/h5-6,8-9,12H,3-4H2,1-2H3/t5-,6-/m0/s1. The van der Waals surface area contributed by atoms with Gasteiger partial charge in [0.1, 0.15) is 0 Å². The highest BCUT2D eigenvalue weighted by atomic mass is 32.1. The smallest absolute Gasteiger partial charge is 0.162 e. The highest BCUT2D eigenvalue weighted by molar-refractivity contribution is 7.78. The fraction of sp³-hybridized carbons (Fsp3) is 1.00. The van der Waals surface area contributed by atoms with E-state index in [-0.39, 0.29) is 12.6 Å². The van der Waals surface area contributed by atoms with Crippen molar-refractivity contribution in [2.75, 3.05) is 13.2 Å². The summed E-state index contributed by atoms with van der Waals surface area (Å²) in [7, 11) is 0.